The average molecular weight is 288 g/mol. The average Bonchev–Trinajstić information content (AvgIpc) is 2.37. The van der Waals surface area contributed by atoms with Crippen molar-refractivity contribution in [3.05, 3.63) is 28.8 Å². The van der Waals surface area contributed by atoms with Gasteiger partial charge in [0.1, 0.15) is 11.9 Å². The zero-order valence-corrected chi connectivity index (χ0v) is 11.1. The molecule has 0 fully saturated rings. The van der Waals surface area contributed by atoms with Crippen molar-refractivity contribution in [2.45, 2.75) is 19.1 Å². The number of esters is 1. The third-order valence-electron chi connectivity index (χ3n) is 2.44. The van der Waals surface area contributed by atoms with Gasteiger partial charge in [-0.3, -0.25) is 4.79 Å². The molecule has 0 aliphatic heterocycles. The van der Waals surface area contributed by atoms with E-state index < -0.39 is 24.0 Å². The molecular formula is C12H14ClNO5. The Morgan fingerprint density at radius 1 is 1.42 bits per heavy atom. The lowest BCUT2D eigenvalue weighted by Gasteiger charge is -2.21. The van der Waals surface area contributed by atoms with Crippen LogP contribution in [0.25, 0.3) is 0 Å². The number of phenolic OH excluding ortho intramolecular Hbond substituents is 1. The fourth-order valence-corrected chi connectivity index (χ4v) is 1.70. The first-order valence-corrected chi connectivity index (χ1v) is 5.76. The topological polar surface area (TPSA) is 95.9 Å². The highest BCUT2D eigenvalue weighted by Gasteiger charge is 2.30. The largest absolute Gasteiger partial charge is 0.506 e. The van der Waals surface area contributed by atoms with Gasteiger partial charge >= 0.3 is 5.97 Å². The van der Waals surface area contributed by atoms with Crippen LogP contribution in [0.15, 0.2) is 18.2 Å². The van der Waals surface area contributed by atoms with Gasteiger partial charge in [0.05, 0.1) is 12.1 Å². The second-order valence-corrected chi connectivity index (χ2v) is 4.26. The zero-order valence-electron chi connectivity index (χ0n) is 10.4. The van der Waals surface area contributed by atoms with Gasteiger partial charge in [-0.05, 0) is 17.7 Å². The first-order chi connectivity index (χ1) is 8.86. The summed E-state index contributed by atoms with van der Waals surface area (Å²) in [4.78, 5) is 22.6. The van der Waals surface area contributed by atoms with E-state index in [0.29, 0.717) is 0 Å². The van der Waals surface area contributed by atoms with Crippen molar-refractivity contribution in [2.24, 2.45) is 0 Å². The number of nitrogens with one attached hydrogen (secondary N) is 1. The number of rotatable bonds is 4. The molecule has 0 bridgehead atoms. The molecule has 0 saturated heterocycles. The monoisotopic (exact) mass is 287 g/mol. The second kappa shape index (κ2) is 6.40. The molecule has 1 aromatic rings. The minimum atomic E-state index is -1.34. The van der Waals surface area contributed by atoms with Gasteiger partial charge in [-0.1, -0.05) is 17.7 Å². The van der Waals surface area contributed by atoms with E-state index in [-0.39, 0.29) is 16.3 Å². The van der Waals surface area contributed by atoms with Gasteiger partial charge in [-0.25, -0.2) is 4.79 Å². The highest BCUT2D eigenvalue weighted by Crippen LogP contribution is 2.28. The van der Waals surface area contributed by atoms with E-state index in [0.717, 1.165) is 7.11 Å². The summed E-state index contributed by atoms with van der Waals surface area (Å²) < 4.78 is 4.51. The SMILES string of the molecule is COC(=O)[C@H](NC(C)=O)[C@H](O)c1ccc(O)c(Cl)c1. The number of carbonyl (C=O) groups excluding carboxylic acids is 2. The van der Waals surface area contributed by atoms with E-state index in [2.05, 4.69) is 10.1 Å². The van der Waals surface area contributed by atoms with E-state index >= 15 is 0 Å². The fourth-order valence-electron chi connectivity index (χ4n) is 1.51. The molecule has 1 amide bonds. The number of hydrogen-bond acceptors (Lipinski definition) is 5. The van der Waals surface area contributed by atoms with Crippen LogP contribution in [-0.2, 0) is 14.3 Å². The van der Waals surface area contributed by atoms with Crippen LogP contribution in [0.2, 0.25) is 5.02 Å². The van der Waals surface area contributed by atoms with Gasteiger partial charge in [0, 0.05) is 6.92 Å². The number of aliphatic hydroxyl groups is 1. The lowest BCUT2D eigenvalue weighted by atomic mass is 10.0. The third kappa shape index (κ3) is 3.84. The fraction of sp³-hybridized carbons (Fsp3) is 0.333. The summed E-state index contributed by atoms with van der Waals surface area (Å²) in [5.74, 6) is -1.42. The molecule has 0 heterocycles. The lowest BCUT2D eigenvalue weighted by Crippen LogP contribution is -2.44. The van der Waals surface area contributed by atoms with Crippen molar-refractivity contribution in [3.8, 4) is 5.75 Å². The maximum absolute atomic E-state index is 11.5. The number of aliphatic hydroxyl groups excluding tert-OH is 1. The van der Waals surface area contributed by atoms with Crippen LogP contribution in [0.3, 0.4) is 0 Å². The summed E-state index contributed by atoms with van der Waals surface area (Å²) >= 11 is 5.72. The van der Waals surface area contributed by atoms with Crippen LogP contribution in [0.4, 0.5) is 0 Å². The third-order valence-corrected chi connectivity index (χ3v) is 2.75. The summed E-state index contributed by atoms with van der Waals surface area (Å²) in [5.41, 5.74) is 0.270. The number of amides is 1. The number of halogens is 1. The molecule has 1 aromatic carbocycles. The summed E-state index contributed by atoms with van der Waals surface area (Å²) in [6.07, 6.45) is -1.34. The molecule has 3 N–H and O–H groups in total. The molecule has 104 valence electrons. The molecule has 1 rings (SSSR count). The maximum atomic E-state index is 11.5. The van der Waals surface area contributed by atoms with E-state index in [9.17, 15) is 19.8 Å². The number of methoxy groups -OCH3 is 1. The quantitative estimate of drug-likeness (QED) is 0.711. The summed E-state index contributed by atoms with van der Waals surface area (Å²) in [5, 5.41) is 21.7. The first-order valence-electron chi connectivity index (χ1n) is 5.38. The Hall–Kier alpha value is -1.79. The smallest absolute Gasteiger partial charge is 0.331 e. The standard InChI is InChI=1S/C12H14ClNO5/c1-6(15)14-10(12(18)19-2)11(17)7-3-4-9(16)8(13)5-7/h3-5,10-11,16-17H,1-2H3,(H,14,15)/t10-,11-/m1/s1. The number of hydrogen-bond donors (Lipinski definition) is 3. The molecule has 0 unspecified atom stereocenters. The van der Waals surface area contributed by atoms with Crippen LogP contribution >= 0.6 is 11.6 Å². The molecule has 19 heavy (non-hydrogen) atoms. The van der Waals surface area contributed by atoms with E-state index in [1.807, 2.05) is 0 Å². The molecule has 0 aliphatic carbocycles. The van der Waals surface area contributed by atoms with Crippen LogP contribution in [-0.4, -0.2) is 35.2 Å². The Morgan fingerprint density at radius 2 is 2.05 bits per heavy atom. The zero-order chi connectivity index (χ0) is 14.6. The van der Waals surface area contributed by atoms with Crippen LogP contribution in [0.5, 0.6) is 5.75 Å². The minimum Gasteiger partial charge on any atom is -0.506 e. The predicted molar refractivity (Wildman–Crippen MR) is 67.7 cm³/mol. The van der Waals surface area contributed by atoms with Gasteiger partial charge in [-0.2, -0.15) is 0 Å². The first kappa shape index (κ1) is 15.3. The molecule has 0 aromatic heterocycles. The Bertz CT molecular complexity index is 491. The number of carbonyl (C=O) groups is 2. The highest BCUT2D eigenvalue weighted by molar-refractivity contribution is 6.32. The van der Waals surface area contributed by atoms with Crippen molar-refractivity contribution in [1.29, 1.82) is 0 Å². The van der Waals surface area contributed by atoms with Gasteiger partial charge in [0.15, 0.2) is 6.04 Å². The molecule has 0 radical (unpaired) electrons. The molecule has 6 nitrogen and oxygen atoms in total. The summed E-state index contributed by atoms with van der Waals surface area (Å²) in [7, 11) is 1.15. The molecule has 2 atom stereocenters. The van der Waals surface area contributed by atoms with Crippen molar-refractivity contribution in [1.82, 2.24) is 5.32 Å². The van der Waals surface area contributed by atoms with Crippen LogP contribution in [0, 0.1) is 0 Å². The summed E-state index contributed by atoms with van der Waals surface area (Å²) in [6, 6.07) is 2.73. The Balaban J connectivity index is 3.03. The molecule has 0 aliphatic rings. The van der Waals surface area contributed by atoms with Crippen LogP contribution in [0.1, 0.15) is 18.6 Å². The van der Waals surface area contributed by atoms with E-state index in [4.69, 9.17) is 11.6 Å². The van der Waals surface area contributed by atoms with Crippen molar-refractivity contribution < 1.29 is 24.5 Å². The number of phenols is 1. The van der Waals surface area contributed by atoms with Crippen LogP contribution < -0.4 is 5.32 Å². The van der Waals surface area contributed by atoms with Gasteiger partial charge in [-0.15, -0.1) is 0 Å². The molecule has 0 saturated carbocycles. The van der Waals surface area contributed by atoms with E-state index in [1.54, 1.807) is 0 Å². The number of ether oxygens (including phenoxy) is 1. The van der Waals surface area contributed by atoms with Crippen molar-refractivity contribution in [2.75, 3.05) is 7.11 Å². The Labute approximate surface area is 114 Å². The molecular weight excluding hydrogens is 274 g/mol. The predicted octanol–water partition coefficient (Wildman–Crippen LogP) is 0.757. The van der Waals surface area contributed by atoms with Gasteiger partial charge in [0.25, 0.3) is 0 Å². The number of benzene rings is 1. The lowest BCUT2D eigenvalue weighted by molar-refractivity contribution is -0.148. The highest BCUT2D eigenvalue weighted by atomic mass is 35.5. The normalized spacial score (nSPS) is 13.5. The van der Waals surface area contributed by atoms with Crippen molar-refractivity contribution in [3.63, 3.8) is 0 Å². The molecule has 7 heteroatoms. The van der Waals surface area contributed by atoms with Gasteiger partial charge in [0.2, 0.25) is 5.91 Å². The summed E-state index contributed by atoms with van der Waals surface area (Å²) in [6.45, 7) is 1.21. The Morgan fingerprint density at radius 3 is 2.53 bits per heavy atom. The number of aromatic hydroxyl groups is 1. The maximum Gasteiger partial charge on any atom is 0.331 e. The van der Waals surface area contributed by atoms with Crippen molar-refractivity contribution >= 4 is 23.5 Å². The Kier molecular flexibility index (Phi) is 5.14. The van der Waals surface area contributed by atoms with E-state index in [1.165, 1.54) is 25.1 Å². The second-order valence-electron chi connectivity index (χ2n) is 3.86. The minimum absolute atomic E-state index is 0.0305. The molecule has 0 spiro atoms. The van der Waals surface area contributed by atoms with Gasteiger partial charge < -0.3 is 20.3 Å².